The van der Waals surface area contributed by atoms with Crippen molar-refractivity contribution in [1.29, 1.82) is 0 Å². The lowest BCUT2D eigenvalue weighted by Gasteiger charge is -2.31. The first-order valence-electron chi connectivity index (χ1n) is 8.56. The van der Waals surface area contributed by atoms with Crippen LogP contribution in [0.3, 0.4) is 0 Å². The van der Waals surface area contributed by atoms with Crippen LogP contribution in [-0.2, 0) is 18.4 Å². The number of nitrogens with zero attached hydrogens (tertiary/aromatic N) is 3. The Balaban J connectivity index is 1.87. The highest BCUT2D eigenvalue weighted by Gasteiger charge is 2.28. The topological polar surface area (TPSA) is 47.2 Å². The van der Waals surface area contributed by atoms with Crippen molar-refractivity contribution in [3.63, 3.8) is 0 Å². The minimum atomic E-state index is -0.0383. The second kappa shape index (κ2) is 6.97. The molecule has 3 heterocycles. The van der Waals surface area contributed by atoms with Crippen LogP contribution in [-0.4, -0.2) is 26.5 Å². The fraction of sp³-hybridized carbons (Fsp3) is 0.556. The number of aryl methyl sites for hydroxylation is 2. The maximum Gasteiger partial charge on any atom is 0.308 e. The van der Waals surface area contributed by atoms with Gasteiger partial charge in [0.15, 0.2) is 0 Å². The molecule has 2 aromatic heterocycles. The van der Waals surface area contributed by atoms with E-state index in [0.717, 1.165) is 42.8 Å². The van der Waals surface area contributed by atoms with Crippen LogP contribution in [0.4, 0.5) is 0 Å². The van der Waals surface area contributed by atoms with Gasteiger partial charge in [-0.15, -0.1) is 0 Å². The number of aromatic nitrogens is 2. The van der Waals surface area contributed by atoms with Crippen molar-refractivity contribution in [1.82, 2.24) is 14.0 Å². The summed E-state index contributed by atoms with van der Waals surface area (Å²) in [6.07, 6.45) is 6.33. The third-order valence-corrected chi connectivity index (χ3v) is 6.06. The van der Waals surface area contributed by atoms with Crippen LogP contribution in [0, 0.1) is 13.8 Å². The highest BCUT2D eigenvalue weighted by Crippen LogP contribution is 2.30. The molecule has 0 radical (unpaired) electrons. The average molecular weight is 347 g/mol. The SMILES string of the molecule is Cc1sc(=O)n(CC(=O)N2CCCCCC2c2cccn2C)c1C. The summed E-state index contributed by atoms with van der Waals surface area (Å²) in [5.74, 6) is 0.0473. The van der Waals surface area contributed by atoms with Crippen LogP contribution in [0.2, 0.25) is 0 Å². The first-order chi connectivity index (χ1) is 11.5. The van der Waals surface area contributed by atoms with Gasteiger partial charge in [-0.2, -0.15) is 0 Å². The molecule has 0 bridgehead atoms. The predicted molar refractivity (Wildman–Crippen MR) is 96.4 cm³/mol. The Labute approximate surface area is 146 Å². The third-order valence-electron chi connectivity index (χ3n) is 5.07. The van der Waals surface area contributed by atoms with Crippen LogP contribution in [0.5, 0.6) is 0 Å². The Kier molecular flexibility index (Phi) is 4.94. The van der Waals surface area contributed by atoms with E-state index in [0.29, 0.717) is 0 Å². The van der Waals surface area contributed by atoms with Crippen molar-refractivity contribution in [2.24, 2.45) is 7.05 Å². The summed E-state index contributed by atoms with van der Waals surface area (Å²) in [5.41, 5.74) is 2.08. The Hall–Kier alpha value is -1.82. The van der Waals surface area contributed by atoms with Gasteiger partial charge >= 0.3 is 4.87 Å². The van der Waals surface area contributed by atoms with E-state index in [-0.39, 0.29) is 23.4 Å². The quantitative estimate of drug-likeness (QED) is 0.857. The number of likely N-dealkylation sites (tertiary alicyclic amines) is 1. The molecule has 0 spiro atoms. The maximum absolute atomic E-state index is 13.0. The Morgan fingerprint density at radius 1 is 1.29 bits per heavy atom. The van der Waals surface area contributed by atoms with Crippen LogP contribution in [0.15, 0.2) is 23.1 Å². The predicted octanol–water partition coefficient (Wildman–Crippen LogP) is 3.01. The molecule has 0 saturated carbocycles. The molecule has 6 heteroatoms. The van der Waals surface area contributed by atoms with Crippen LogP contribution >= 0.6 is 11.3 Å². The molecule has 1 atom stereocenters. The maximum atomic E-state index is 13.0. The first-order valence-corrected chi connectivity index (χ1v) is 9.38. The monoisotopic (exact) mass is 347 g/mol. The standard InChI is InChI=1S/C18H25N3O2S/c1-13-14(2)24-18(23)21(13)12-17(22)20-11-6-4-5-8-16(20)15-9-7-10-19(15)3/h7,9-10,16H,4-6,8,11-12H2,1-3H3. The zero-order valence-corrected chi connectivity index (χ0v) is 15.4. The van der Waals surface area contributed by atoms with Crippen molar-refractivity contribution in [2.75, 3.05) is 6.54 Å². The number of amides is 1. The van der Waals surface area contributed by atoms with Crippen LogP contribution < -0.4 is 4.87 Å². The Morgan fingerprint density at radius 2 is 2.08 bits per heavy atom. The first kappa shape index (κ1) is 17.0. The van der Waals surface area contributed by atoms with Gasteiger partial charge in [0.05, 0.1) is 6.04 Å². The highest BCUT2D eigenvalue weighted by molar-refractivity contribution is 7.09. The van der Waals surface area contributed by atoms with E-state index >= 15 is 0 Å². The zero-order valence-electron chi connectivity index (χ0n) is 14.6. The minimum absolute atomic E-state index is 0.0383. The molecule has 130 valence electrons. The molecule has 0 aliphatic carbocycles. The molecule has 24 heavy (non-hydrogen) atoms. The molecule has 1 aliphatic heterocycles. The van der Waals surface area contributed by atoms with E-state index in [1.807, 2.05) is 38.1 Å². The molecule has 0 aromatic carbocycles. The number of carbonyl (C=O) groups is 1. The molecule has 3 rings (SSSR count). The average Bonchev–Trinajstić information content (AvgIpc) is 2.95. The number of carbonyl (C=O) groups excluding carboxylic acids is 1. The second-order valence-corrected chi connectivity index (χ2v) is 7.76. The van der Waals surface area contributed by atoms with Crippen molar-refractivity contribution < 1.29 is 4.79 Å². The van der Waals surface area contributed by atoms with Gasteiger partial charge in [0.2, 0.25) is 5.91 Å². The van der Waals surface area contributed by atoms with E-state index in [9.17, 15) is 9.59 Å². The fourth-order valence-corrected chi connectivity index (χ4v) is 4.36. The summed E-state index contributed by atoms with van der Waals surface area (Å²) in [4.78, 5) is 28.1. The van der Waals surface area contributed by atoms with E-state index in [4.69, 9.17) is 0 Å². The van der Waals surface area contributed by atoms with E-state index in [1.54, 1.807) is 4.57 Å². The summed E-state index contributed by atoms with van der Waals surface area (Å²) < 4.78 is 3.72. The molecule has 1 aliphatic rings. The largest absolute Gasteiger partial charge is 0.353 e. The molecule has 1 amide bonds. The van der Waals surface area contributed by atoms with Gasteiger partial charge in [-0.25, -0.2) is 0 Å². The summed E-state index contributed by atoms with van der Waals surface area (Å²) in [6.45, 7) is 4.76. The number of thiazole rings is 1. The molecular weight excluding hydrogens is 322 g/mol. The fourth-order valence-electron chi connectivity index (χ4n) is 3.53. The lowest BCUT2D eigenvalue weighted by Crippen LogP contribution is -2.39. The molecule has 1 saturated heterocycles. The van der Waals surface area contributed by atoms with Crippen molar-refractivity contribution >= 4 is 17.2 Å². The van der Waals surface area contributed by atoms with Gasteiger partial charge in [-0.05, 0) is 38.8 Å². The van der Waals surface area contributed by atoms with Crippen molar-refractivity contribution in [2.45, 2.75) is 52.1 Å². The van der Waals surface area contributed by atoms with E-state index in [1.165, 1.54) is 17.0 Å². The summed E-state index contributed by atoms with van der Waals surface area (Å²) in [5, 5.41) is 0. The molecular formula is C18H25N3O2S. The zero-order chi connectivity index (χ0) is 17.3. The highest BCUT2D eigenvalue weighted by atomic mass is 32.1. The summed E-state index contributed by atoms with van der Waals surface area (Å²) >= 11 is 1.22. The molecule has 0 N–H and O–H groups in total. The Morgan fingerprint density at radius 3 is 2.71 bits per heavy atom. The van der Waals surface area contributed by atoms with Gasteiger partial charge in [-0.3, -0.25) is 14.2 Å². The van der Waals surface area contributed by atoms with Gasteiger partial charge in [-0.1, -0.05) is 24.2 Å². The van der Waals surface area contributed by atoms with Crippen molar-refractivity contribution in [3.05, 3.63) is 44.3 Å². The second-order valence-electron chi connectivity index (χ2n) is 6.59. The van der Waals surface area contributed by atoms with E-state index in [2.05, 4.69) is 10.6 Å². The third kappa shape index (κ3) is 3.20. The smallest absolute Gasteiger partial charge is 0.308 e. The van der Waals surface area contributed by atoms with Crippen molar-refractivity contribution in [3.8, 4) is 0 Å². The van der Waals surface area contributed by atoms with Gasteiger partial charge in [0, 0.05) is 36.1 Å². The van der Waals surface area contributed by atoms with E-state index < -0.39 is 0 Å². The molecule has 1 fully saturated rings. The lowest BCUT2D eigenvalue weighted by atomic mass is 10.1. The number of rotatable bonds is 3. The molecule has 2 aromatic rings. The van der Waals surface area contributed by atoms with Crippen LogP contribution in [0.25, 0.3) is 0 Å². The minimum Gasteiger partial charge on any atom is -0.353 e. The van der Waals surface area contributed by atoms with Gasteiger partial charge < -0.3 is 9.47 Å². The Bertz CT molecular complexity index is 787. The molecule has 5 nitrogen and oxygen atoms in total. The summed E-state index contributed by atoms with van der Waals surface area (Å²) in [6, 6.07) is 4.23. The lowest BCUT2D eigenvalue weighted by molar-refractivity contribution is -0.134. The number of hydrogen-bond acceptors (Lipinski definition) is 3. The van der Waals surface area contributed by atoms with Gasteiger partial charge in [0.25, 0.3) is 0 Å². The van der Waals surface area contributed by atoms with Crippen LogP contribution in [0.1, 0.15) is 48.0 Å². The molecule has 1 unspecified atom stereocenters. The van der Waals surface area contributed by atoms with Gasteiger partial charge in [0.1, 0.15) is 6.54 Å². The summed E-state index contributed by atoms with van der Waals surface area (Å²) in [7, 11) is 2.03. The number of hydrogen-bond donors (Lipinski definition) is 0. The normalized spacial score (nSPS) is 18.6.